The van der Waals surface area contributed by atoms with Crippen LogP contribution in [-0.4, -0.2) is 19.7 Å². The van der Waals surface area contributed by atoms with Crippen LogP contribution in [0.15, 0.2) is 20.0 Å². The molecule has 0 amide bonds. The third-order valence-electron chi connectivity index (χ3n) is 2.50. The van der Waals surface area contributed by atoms with Crippen LogP contribution >= 0.6 is 15.9 Å². The Bertz CT molecular complexity index is 618. The van der Waals surface area contributed by atoms with Gasteiger partial charge in [0.15, 0.2) is 5.82 Å². The molecule has 0 spiro atoms. The first-order valence-corrected chi connectivity index (χ1v) is 6.32. The van der Waals surface area contributed by atoms with Gasteiger partial charge in [-0.25, -0.2) is 4.98 Å². The Balaban J connectivity index is 2.34. The Kier molecular flexibility index (Phi) is 3.60. The van der Waals surface area contributed by atoms with E-state index in [4.69, 9.17) is 4.52 Å². The van der Waals surface area contributed by atoms with Gasteiger partial charge in [0.25, 0.3) is 5.56 Å². The smallest absolute Gasteiger partial charge is 0.268 e. The van der Waals surface area contributed by atoms with Gasteiger partial charge in [0, 0.05) is 12.1 Å². The molecule has 0 fully saturated rings. The zero-order chi connectivity index (χ0) is 13.3. The third kappa shape index (κ3) is 2.50. The molecule has 0 atom stereocenters. The zero-order valence-electron chi connectivity index (χ0n) is 10.3. The van der Waals surface area contributed by atoms with Crippen molar-refractivity contribution in [1.29, 1.82) is 0 Å². The average Bonchev–Trinajstić information content (AvgIpc) is 2.78. The highest BCUT2D eigenvalue weighted by Crippen LogP contribution is 2.10. The lowest BCUT2D eigenvalue weighted by Gasteiger charge is -2.05. The van der Waals surface area contributed by atoms with E-state index < -0.39 is 0 Å². The minimum Gasteiger partial charge on any atom is -0.337 e. The molecule has 2 rings (SSSR count). The second kappa shape index (κ2) is 5.01. The first-order chi connectivity index (χ1) is 8.49. The van der Waals surface area contributed by atoms with Gasteiger partial charge in [0.05, 0.1) is 0 Å². The van der Waals surface area contributed by atoms with Crippen LogP contribution in [-0.2, 0) is 6.54 Å². The van der Waals surface area contributed by atoms with E-state index in [1.54, 1.807) is 6.92 Å². The Hall–Kier alpha value is -1.50. The molecular formula is C11H13BrN4O2. The predicted octanol–water partition coefficient (Wildman–Crippen LogP) is 1.87. The third-order valence-corrected chi connectivity index (χ3v) is 3.04. The summed E-state index contributed by atoms with van der Waals surface area (Å²) >= 11 is 3.16. The van der Waals surface area contributed by atoms with E-state index in [0.717, 1.165) is 0 Å². The summed E-state index contributed by atoms with van der Waals surface area (Å²) in [6, 6.07) is 0. The molecule has 18 heavy (non-hydrogen) atoms. The summed E-state index contributed by atoms with van der Waals surface area (Å²) in [6.07, 6.45) is 1.49. The molecule has 2 aromatic heterocycles. The van der Waals surface area contributed by atoms with Gasteiger partial charge in [-0.15, -0.1) is 0 Å². The van der Waals surface area contributed by atoms with Crippen LogP contribution in [0.2, 0.25) is 0 Å². The summed E-state index contributed by atoms with van der Waals surface area (Å²) in [6.45, 7) is 5.95. The summed E-state index contributed by atoms with van der Waals surface area (Å²) in [7, 11) is 0. The molecule has 0 N–H and O–H groups in total. The SMILES string of the molecule is Cc1ncc(Br)c(=O)n1Cc1nc(C(C)C)no1. The number of rotatable bonds is 3. The van der Waals surface area contributed by atoms with E-state index in [0.29, 0.717) is 22.0 Å². The highest BCUT2D eigenvalue weighted by atomic mass is 79.9. The molecule has 0 saturated carbocycles. The molecule has 0 aliphatic heterocycles. The Morgan fingerprint density at radius 1 is 1.50 bits per heavy atom. The molecule has 0 unspecified atom stereocenters. The van der Waals surface area contributed by atoms with Gasteiger partial charge in [-0.1, -0.05) is 19.0 Å². The second-order valence-corrected chi connectivity index (χ2v) is 5.10. The number of aromatic nitrogens is 4. The van der Waals surface area contributed by atoms with Gasteiger partial charge in [-0.3, -0.25) is 9.36 Å². The van der Waals surface area contributed by atoms with Crippen molar-refractivity contribution in [3.8, 4) is 0 Å². The molecule has 6 nitrogen and oxygen atoms in total. The van der Waals surface area contributed by atoms with Crippen molar-refractivity contribution in [2.24, 2.45) is 0 Å². The molecule has 0 aromatic carbocycles. The van der Waals surface area contributed by atoms with Crippen molar-refractivity contribution in [3.05, 3.63) is 38.6 Å². The molecule has 2 aromatic rings. The molecule has 0 bridgehead atoms. The van der Waals surface area contributed by atoms with Gasteiger partial charge in [-0.05, 0) is 22.9 Å². The van der Waals surface area contributed by atoms with Crippen LogP contribution in [0.25, 0.3) is 0 Å². The van der Waals surface area contributed by atoms with E-state index >= 15 is 0 Å². The molecule has 2 heterocycles. The van der Waals surface area contributed by atoms with E-state index in [-0.39, 0.29) is 18.0 Å². The summed E-state index contributed by atoms with van der Waals surface area (Å²) in [4.78, 5) is 20.3. The molecule has 0 aliphatic carbocycles. The van der Waals surface area contributed by atoms with Gasteiger partial charge >= 0.3 is 0 Å². The van der Waals surface area contributed by atoms with Crippen molar-refractivity contribution >= 4 is 15.9 Å². The van der Waals surface area contributed by atoms with Gasteiger partial charge in [-0.2, -0.15) is 4.98 Å². The average molecular weight is 313 g/mol. The summed E-state index contributed by atoms with van der Waals surface area (Å²) < 4.78 is 7.02. The second-order valence-electron chi connectivity index (χ2n) is 4.25. The lowest BCUT2D eigenvalue weighted by Crippen LogP contribution is -2.24. The minimum atomic E-state index is -0.160. The normalized spacial score (nSPS) is 11.2. The lowest BCUT2D eigenvalue weighted by atomic mass is 10.2. The lowest BCUT2D eigenvalue weighted by molar-refractivity contribution is 0.361. The molecule has 0 saturated heterocycles. The Morgan fingerprint density at radius 3 is 2.83 bits per heavy atom. The van der Waals surface area contributed by atoms with Gasteiger partial charge < -0.3 is 4.52 Å². The predicted molar refractivity (Wildman–Crippen MR) is 68.4 cm³/mol. The van der Waals surface area contributed by atoms with Crippen molar-refractivity contribution < 1.29 is 4.52 Å². The maximum atomic E-state index is 11.9. The first kappa shape index (κ1) is 12.9. The van der Waals surface area contributed by atoms with Crippen LogP contribution in [0.3, 0.4) is 0 Å². The van der Waals surface area contributed by atoms with E-state index in [2.05, 4.69) is 31.1 Å². The van der Waals surface area contributed by atoms with Crippen molar-refractivity contribution in [2.75, 3.05) is 0 Å². The van der Waals surface area contributed by atoms with Crippen LogP contribution < -0.4 is 5.56 Å². The molecule has 0 radical (unpaired) electrons. The minimum absolute atomic E-state index is 0.160. The standard InChI is InChI=1S/C11H13BrN4O2/c1-6(2)10-14-9(18-15-10)5-16-7(3)13-4-8(12)11(16)17/h4,6H,5H2,1-3H3. The molecular weight excluding hydrogens is 300 g/mol. The number of aryl methyl sites for hydroxylation is 1. The van der Waals surface area contributed by atoms with Crippen LogP contribution in [0, 0.1) is 6.92 Å². The van der Waals surface area contributed by atoms with E-state index in [1.165, 1.54) is 10.8 Å². The highest BCUT2D eigenvalue weighted by Gasteiger charge is 2.13. The highest BCUT2D eigenvalue weighted by molar-refractivity contribution is 9.10. The van der Waals surface area contributed by atoms with Crippen LogP contribution in [0.1, 0.15) is 37.3 Å². The molecule has 7 heteroatoms. The molecule has 96 valence electrons. The van der Waals surface area contributed by atoms with Crippen molar-refractivity contribution in [1.82, 2.24) is 19.7 Å². The fourth-order valence-corrected chi connectivity index (χ4v) is 1.76. The summed E-state index contributed by atoms with van der Waals surface area (Å²) in [5, 5.41) is 3.86. The quantitative estimate of drug-likeness (QED) is 0.865. The van der Waals surface area contributed by atoms with Gasteiger partial charge in [0.1, 0.15) is 16.8 Å². The largest absolute Gasteiger partial charge is 0.337 e. The van der Waals surface area contributed by atoms with Crippen molar-refractivity contribution in [2.45, 2.75) is 33.2 Å². The number of hydrogen-bond donors (Lipinski definition) is 0. The Labute approximate surface area is 112 Å². The summed E-state index contributed by atoms with van der Waals surface area (Å²) in [5.74, 6) is 1.84. The van der Waals surface area contributed by atoms with Gasteiger partial charge in [0.2, 0.25) is 5.89 Å². The number of nitrogens with zero attached hydrogens (tertiary/aromatic N) is 4. The topological polar surface area (TPSA) is 73.8 Å². The Morgan fingerprint density at radius 2 is 2.22 bits per heavy atom. The van der Waals surface area contributed by atoms with Crippen LogP contribution in [0.4, 0.5) is 0 Å². The van der Waals surface area contributed by atoms with Crippen LogP contribution in [0.5, 0.6) is 0 Å². The summed E-state index contributed by atoms with van der Waals surface area (Å²) in [5.41, 5.74) is -0.160. The van der Waals surface area contributed by atoms with Crippen molar-refractivity contribution in [3.63, 3.8) is 0 Å². The monoisotopic (exact) mass is 312 g/mol. The fraction of sp³-hybridized carbons (Fsp3) is 0.455. The maximum Gasteiger partial charge on any atom is 0.268 e. The molecule has 0 aliphatic rings. The maximum absolute atomic E-state index is 11.9. The number of halogens is 1. The van der Waals surface area contributed by atoms with E-state index in [1.807, 2.05) is 13.8 Å². The zero-order valence-corrected chi connectivity index (χ0v) is 11.9. The fourth-order valence-electron chi connectivity index (χ4n) is 1.44. The van der Waals surface area contributed by atoms with E-state index in [9.17, 15) is 4.79 Å². The number of hydrogen-bond acceptors (Lipinski definition) is 5. The first-order valence-electron chi connectivity index (χ1n) is 5.53.